The van der Waals surface area contributed by atoms with Crippen LogP contribution < -0.4 is 4.90 Å². The predicted molar refractivity (Wildman–Crippen MR) is 258 cm³/mol. The second-order valence-electron chi connectivity index (χ2n) is 18.8. The fraction of sp³-hybridized carbons (Fsp3) is 0.115. The van der Waals surface area contributed by atoms with Crippen LogP contribution in [-0.2, 0) is 16.2 Å². The van der Waals surface area contributed by atoms with Gasteiger partial charge in [-0.15, -0.1) is 0 Å². The summed E-state index contributed by atoms with van der Waals surface area (Å²) in [6.07, 6.45) is 0. The maximum atomic E-state index is 2.53. The highest BCUT2D eigenvalue weighted by molar-refractivity contribution is 6.01. The molecular weight excluding hydrogens is 747 g/mol. The van der Waals surface area contributed by atoms with Crippen LogP contribution in [0.15, 0.2) is 200 Å². The van der Waals surface area contributed by atoms with Crippen molar-refractivity contribution in [3.63, 3.8) is 0 Å². The maximum Gasteiger partial charge on any atom is 0.0726 e. The molecule has 62 heavy (non-hydrogen) atoms. The van der Waals surface area contributed by atoms with Crippen LogP contribution in [0, 0.1) is 0 Å². The molecule has 0 bridgehead atoms. The summed E-state index contributed by atoms with van der Waals surface area (Å²) in [5, 5.41) is 0. The third-order valence-corrected chi connectivity index (χ3v) is 15.1. The Labute approximate surface area is 364 Å². The Morgan fingerprint density at radius 1 is 0.290 bits per heavy atom. The Morgan fingerprint density at radius 2 is 0.694 bits per heavy atom. The molecule has 1 nitrogen and oxygen atoms in total. The van der Waals surface area contributed by atoms with Crippen LogP contribution in [0.2, 0.25) is 0 Å². The molecule has 0 heterocycles. The lowest BCUT2D eigenvalue weighted by molar-refractivity contribution is 0.660. The van der Waals surface area contributed by atoms with Crippen LogP contribution >= 0.6 is 0 Å². The van der Waals surface area contributed by atoms with Crippen molar-refractivity contribution in [1.29, 1.82) is 0 Å². The van der Waals surface area contributed by atoms with Crippen LogP contribution in [0.25, 0.3) is 55.6 Å². The third-order valence-electron chi connectivity index (χ3n) is 15.1. The van der Waals surface area contributed by atoms with Gasteiger partial charge in [0.05, 0.1) is 11.1 Å². The van der Waals surface area contributed by atoms with Crippen molar-refractivity contribution in [2.45, 2.75) is 43.9 Å². The molecule has 0 saturated carbocycles. The highest BCUT2D eigenvalue weighted by atomic mass is 15.1. The molecular formula is C61H45N. The molecule has 0 unspecified atom stereocenters. The highest BCUT2D eigenvalue weighted by Gasteiger charge is 2.52. The lowest BCUT2D eigenvalue weighted by atomic mass is 9.70. The van der Waals surface area contributed by atoms with Gasteiger partial charge in [0.25, 0.3) is 0 Å². The molecule has 0 atom stereocenters. The normalized spacial score (nSPS) is 15.5. The van der Waals surface area contributed by atoms with E-state index in [4.69, 9.17) is 0 Å². The van der Waals surface area contributed by atoms with Crippen LogP contribution in [0.1, 0.15) is 72.2 Å². The fourth-order valence-corrected chi connectivity index (χ4v) is 12.3. The van der Waals surface area contributed by atoms with Gasteiger partial charge < -0.3 is 4.90 Å². The van der Waals surface area contributed by atoms with Crippen molar-refractivity contribution in [3.05, 3.63) is 245 Å². The van der Waals surface area contributed by atoms with Gasteiger partial charge in [0, 0.05) is 27.8 Å². The molecule has 0 N–H and O–H groups in total. The largest absolute Gasteiger partial charge is 0.310 e. The number of fused-ring (bicyclic) bond motifs is 16. The lowest BCUT2D eigenvalue weighted by Crippen LogP contribution is -2.26. The molecule has 0 amide bonds. The first-order valence-electron chi connectivity index (χ1n) is 22.1. The summed E-state index contributed by atoms with van der Waals surface area (Å²) in [7, 11) is 0. The Balaban J connectivity index is 1.02. The Kier molecular flexibility index (Phi) is 7.12. The van der Waals surface area contributed by atoms with Crippen molar-refractivity contribution in [2.24, 2.45) is 0 Å². The molecule has 13 rings (SSSR count). The fourth-order valence-electron chi connectivity index (χ4n) is 12.3. The van der Waals surface area contributed by atoms with E-state index in [9.17, 15) is 0 Å². The van der Waals surface area contributed by atoms with E-state index in [0.717, 1.165) is 11.4 Å². The molecule has 4 aliphatic carbocycles. The van der Waals surface area contributed by atoms with Crippen molar-refractivity contribution in [1.82, 2.24) is 0 Å². The van der Waals surface area contributed by atoms with Gasteiger partial charge in [-0.3, -0.25) is 0 Å². The van der Waals surface area contributed by atoms with E-state index in [0.29, 0.717) is 0 Å². The molecule has 9 aromatic rings. The first-order valence-corrected chi connectivity index (χ1v) is 22.1. The van der Waals surface area contributed by atoms with E-state index in [1.807, 2.05) is 0 Å². The van der Waals surface area contributed by atoms with Crippen LogP contribution in [0.4, 0.5) is 17.1 Å². The summed E-state index contributed by atoms with van der Waals surface area (Å²) in [6.45, 7) is 9.49. The quantitative estimate of drug-likeness (QED) is 0.172. The first-order chi connectivity index (χ1) is 30.3. The molecule has 1 spiro atoms. The second-order valence-corrected chi connectivity index (χ2v) is 18.8. The number of anilines is 3. The lowest BCUT2D eigenvalue weighted by Gasteiger charge is -2.32. The predicted octanol–water partition coefficient (Wildman–Crippen LogP) is 15.8. The van der Waals surface area contributed by atoms with Crippen LogP contribution in [0.5, 0.6) is 0 Å². The average molecular weight is 792 g/mol. The first kappa shape index (κ1) is 35.5. The molecule has 4 aliphatic rings. The van der Waals surface area contributed by atoms with E-state index in [-0.39, 0.29) is 10.8 Å². The number of hydrogen-bond donors (Lipinski definition) is 0. The number of nitrogens with zero attached hydrogens (tertiary/aromatic N) is 1. The van der Waals surface area contributed by atoms with Gasteiger partial charge in [-0.05, 0) is 131 Å². The van der Waals surface area contributed by atoms with Gasteiger partial charge in [0.1, 0.15) is 0 Å². The topological polar surface area (TPSA) is 3.24 Å². The van der Waals surface area contributed by atoms with Crippen molar-refractivity contribution < 1.29 is 0 Å². The van der Waals surface area contributed by atoms with Gasteiger partial charge in [0.15, 0.2) is 0 Å². The van der Waals surface area contributed by atoms with Gasteiger partial charge in [0.2, 0.25) is 0 Å². The van der Waals surface area contributed by atoms with E-state index >= 15 is 0 Å². The summed E-state index contributed by atoms with van der Waals surface area (Å²) in [6, 6.07) is 75.8. The van der Waals surface area contributed by atoms with E-state index in [1.165, 1.54) is 106 Å². The standard InChI is InChI=1S/C61H45N/c1-59(2)49-21-10-5-16-42(49)46-34-30-39(36-55(46)59)38-28-31-40(32-29-38)62(41-33-35-47-43-17-6-11-22-50(43)60(3,4)56(47)37-41)57-27-15-26-54-58(57)48-20-9-14-25-53(48)61(54)51-23-12-7-18-44(51)45-19-8-13-24-52(45)61/h5-37H,1-4H3. The minimum absolute atomic E-state index is 0.0542. The Hall–Kier alpha value is -7.22. The summed E-state index contributed by atoms with van der Waals surface area (Å²) in [4.78, 5) is 2.53. The molecule has 1 heteroatoms. The molecule has 0 saturated heterocycles. The van der Waals surface area contributed by atoms with Gasteiger partial charge in [-0.2, -0.15) is 0 Å². The molecule has 0 aromatic heterocycles. The smallest absolute Gasteiger partial charge is 0.0726 e. The summed E-state index contributed by atoms with van der Waals surface area (Å²) < 4.78 is 0. The Morgan fingerprint density at radius 3 is 1.27 bits per heavy atom. The zero-order chi connectivity index (χ0) is 41.5. The van der Waals surface area contributed by atoms with Crippen molar-refractivity contribution in [2.75, 3.05) is 4.90 Å². The minimum atomic E-state index is -0.423. The molecule has 0 radical (unpaired) electrons. The Bertz CT molecular complexity index is 3310. The molecule has 0 aliphatic heterocycles. The molecule has 294 valence electrons. The van der Waals surface area contributed by atoms with E-state index < -0.39 is 5.41 Å². The van der Waals surface area contributed by atoms with Crippen LogP contribution in [-0.4, -0.2) is 0 Å². The van der Waals surface area contributed by atoms with E-state index in [1.54, 1.807) is 0 Å². The average Bonchev–Trinajstić information content (AvgIpc) is 3.95. The van der Waals surface area contributed by atoms with Gasteiger partial charge in [-0.1, -0.05) is 191 Å². The monoisotopic (exact) mass is 791 g/mol. The summed E-state index contributed by atoms with van der Waals surface area (Å²) in [5.41, 5.74) is 26.9. The second kappa shape index (κ2) is 12.4. The summed E-state index contributed by atoms with van der Waals surface area (Å²) in [5.74, 6) is 0. The third kappa shape index (κ3) is 4.48. The molecule has 0 fully saturated rings. The van der Waals surface area contributed by atoms with Crippen molar-refractivity contribution in [3.8, 4) is 55.6 Å². The molecule has 9 aromatic carbocycles. The maximum absolute atomic E-state index is 2.53. The van der Waals surface area contributed by atoms with Crippen molar-refractivity contribution >= 4 is 17.1 Å². The van der Waals surface area contributed by atoms with Gasteiger partial charge >= 0.3 is 0 Å². The number of rotatable bonds is 4. The SMILES string of the molecule is CC1(C)c2ccccc2-c2ccc(-c3ccc(N(c4ccc5c(c4)C(C)(C)c4ccccc4-5)c4cccc5c4-c4ccccc4C54c5ccccc5-c5ccccc54)cc3)cc21. The summed E-state index contributed by atoms with van der Waals surface area (Å²) >= 11 is 0. The number of benzene rings is 9. The highest BCUT2D eigenvalue weighted by Crippen LogP contribution is 2.65. The zero-order valence-electron chi connectivity index (χ0n) is 35.5. The van der Waals surface area contributed by atoms with Gasteiger partial charge in [-0.25, -0.2) is 0 Å². The number of hydrogen-bond acceptors (Lipinski definition) is 1. The van der Waals surface area contributed by atoms with Crippen LogP contribution in [0.3, 0.4) is 0 Å². The minimum Gasteiger partial charge on any atom is -0.310 e. The van der Waals surface area contributed by atoms with E-state index in [2.05, 4.69) is 233 Å². The zero-order valence-corrected chi connectivity index (χ0v) is 35.5.